The van der Waals surface area contributed by atoms with Gasteiger partial charge in [-0.15, -0.1) is 11.3 Å². The first-order valence-electron chi connectivity index (χ1n) is 9.55. The van der Waals surface area contributed by atoms with Crippen molar-refractivity contribution in [1.82, 2.24) is 9.55 Å². The van der Waals surface area contributed by atoms with Crippen LogP contribution in [-0.4, -0.2) is 15.3 Å². The molecule has 2 heterocycles. The SMILES string of the molecule is Cc1ccc(-c2c(C)sc3ncn(C(C)C(=O)c4ccccc4)c(=O)c23)cc1C. The van der Waals surface area contributed by atoms with Gasteiger partial charge in [0.25, 0.3) is 5.56 Å². The molecule has 0 aliphatic heterocycles. The normalized spacial score (nSPS) is 12.3. The molecule has 0 bridgehead atoms. The molecular formula is C24H22N2O2S. The zero-order chi connectivity index (χ0) is 20.7. The molecule has 0 aliphatic rings. The number of carbonyl (C=O) groups excluding carboxylic acids is 1. The predicted octanol–water partition coefficient (Wildman–Crippen LogP) is 5.49. The van der Waals surface area contributed by atoms with E-state index in [-0.39, 0.29) is 11.3 Å². The van der Waals surface area contributed by atoms with E-state index in [9.17, 15) is 9.59 Å². The molecule has 0 aliphatic carbocycles. The van der Waals surface area contributed by atoms with Crippen LogP contribution >= 0.6 is 11.3 Å². The van der Waals surface area contributed by atoms with Gasteiger partial charge in [-0.05, 0) is 44.4 Å². The van der Waals surface area contributed by atoms with Crippen LogP contribution in [0.25, 0.3) is 21.3 Å². The third-order valence-electron chi connectivity index (χ3n) is 5.46. The molecule has 2 aromatic carbocycles. The number of carbonyl (C=O) groups is 1. The van der Waals surface area contributed by atoms with Crippen LogP contribution in [0, 0.1) is 20.8 Å². The fourth-order valence-electron chi connectivity index (χ4n) is 3.61. The highest BCUT2D eigenvalue weighted by Crippen LogP contribution is 2.36. The molecule has 0 fully saturated rings. The smallest absolute Gasteiger partial charge is 0.263 e. The lowest BCUT2D eigenvalue weighted by molar-refractivity contribution is 0.0932. The van der Waals surface area contributed by atoms with Gasteiger partial charge in [0.2, 0.25) is 0 Å². The molecule has 0 radical (unpaired) electrons. The van der Waals surface area contributed by atoms with Gasteiger partial charge in [-0.1, -0.05) is 48.5 Å². The van der Waals surface area contributed by atoms with Gasteiger partial charge >= 0.3 is 0 Å². The topological polar surface area (TPSA) is 52.0 Å². The summed E-state index contributed by atoms with van der Waals surface area (Å²) >= 11 is 1.51. The van der Waals surface area contributed by atoms with Crippen LogP contribution in [0.5, 0.6) is 0 Å². The molecule has 2 aromatic heterocycles. The van der Waals surface area contributed by atoms with Crippen LogP contribution in [0.15, 0.2) is 59.7 Å². The van der Waals surface area contributed by atoms with Crippen LogP contribution in [0.3, 0.4) is 0 Å². The summed E-state index contributed by atoms with van der Waals surface area (Å²) in [4.78, 5) is 32.6. The van der Waals surface area contributed by atoms with Crippen LogP contribution in [0.2, 0.25) is 0 Å². The Balaban J connectivity index is 1.88. The summed E-state index contributed by atoms with van der Waals surface area (Å²) in [6, 6.07) is 14.7. The lowest BCUT2D eigenvalue weighted by Crippen LogP contribution is -2.28. The van der Waals surface area contributed by atoms with E-state index in [1.165, 1.54) is 33.4 Å². The summed E-state index contributed by atoms with van der Waals surface area (Å²) in [5.41, 5.74) is 4.73. The van der Waals surface area contributed by atoms with Crippen molar-refractivity contribution >= 4 is 27.3 Å². The number of rotatable bonds is 4. The standard InChI is InChI=1S/C24H22N2O2S/c1-14-10-11-19(12-15(14)2)20-17(4)29-23-21(20)24(28)26(13-25-23)16(3)22(27)18-8-6-5-7-9-18/h5-13,16H,1-4H3. The maximum absolute atomic E-state index is 13.4. The Kier molecular flexibility index (Phi) is 4.92. The van der Waals surface area contributed by atoms with E-state index in [0.29, 0.717) is 15.8 Å². The summed E-state index contributed by atoms with van der Waals surface area (Å²) < 4.78 is 1.45. The van der Waals surface area contributed by atoms with E-state index in [4.69, 9.17) is 0 Å². The molecule has 0 N–H and O–H groups in total. The fraction of sp³-hybridized carbons (Fsp3) is 0.208. The van der Waals surface area contributed by atoms with Gasteiger partial charge in [-0.25, -0.2) is 4.98 Å². The molecule has 4 nitrogen and oxygen atoms in total. The molecule has 0 spiro atoms. The van der Waals surface area contributed by atoms with E-state index in [1.54, 1.807) is 19.1 Å². The van der Waals surface area contributed by atoms with E-state index in [2.05, 4.69) is 31.0 Å². The van der Waals surface area contributed by atoms with Crippen molar-refractivity contribution < 1.29 is 4.79 Å². The third kappa shape index (κ3) is 3.32. The molecule has 29 heavy (non-hydrogen) atoms. The predicted molar refractivity (Wildman–Crippen MR) is 119 cm³/mol. The monoisotopic (exact) mass is 402 g/mol. The van der Waals surface area contributed by atoms with Gasteiger partial charge in [0.1, 0.15) is 4.83 Å². The van der Waals surface area contributed by atoms with Crippen molar-refractivity contribution in [1.29, 1.82) is 0 Å². The minimum atomic E-state index is -0.630. The highest BCUT2D eigenvalue weighted by Gasteiger charge is 2.22. The van der Waals surface area contributed by atoms with Crippen LogP contribution in [0.4, 0.5) is 0 Å². The Morgan fingerprint density at radius 3 is 2.45 bits per heavy atom. The summed E-state index contributed by atoms with van der Waals surface area (Å²) in [6.07, 6.45) is 1.50. The summed E-state index contributed by atoms with van der Waals surface area (Å²) in [5.74, 6) is -0.103. The average molecular weight is 403 g/mol. The fourth-order valence-corrected chi connectivity index (χ4v) is 4.61. The zero-order valence-corrected chi connectivity index (χ0v) is 17.7. The molecule has 0 saturated carbocycles. The Morgan fingerprint density at radius 1 is 1.03 bits per heavy atom. The number of benzene rings is 2. The molecule has 5 heteroatoms. The van der Waals surface area contributed by atoms with Crippen LogP contribution < -0.4 is 5.56 Å². The Morgan fingerprint density at radius 2 is 1.76 bits per heavy atom. The maximum Gasteiger partial charge on any atom is 0.263 e. The average Bonchev–Trinajstić information content (AvgIpc) is 3.07. The van der Waals surface area contributed by atoms with Gasteiger partial charge < -0.3 is 0 Å². The minimum Gasteiger partial charge on any atom is -0.292 e. The number of aromatic nitrogens is 2. The summed E-state index contributed by atoms with van der Waals surface area (Å²) in [6.45, 7) is 7.90. The van der Waals surface area contributed by atoms with Crippen molar-refractivity contribution in [2.24, 2.45) is 0 Å². The van der Waals surface area contributed by atoms with E-state index >= 15 is 0 Å². The number of ketones is 1. The van der Waals surface area contributed by atoms with Crippen LogP contribution in [-0.2, 0) is 0 Å². The third-order valence-corrected chi connectivity index (χ3v) is 6.48. The first kappa shape index (κ1) is 19.3. The molecule has 146 valence electrons. The van der Waals surface area contributed by atoms with Crippen LogP contribution in [0.1, 0.15) is 39.3 Å². The molecular weight excluding hydrogens is 380 g/mol. The first-order valence-corrected chi connectivity index (χ1v) is 10.4. The highest BCUT2D eigenvalue weighted by molar-refractivity contribution is 7.19. The second-order valence-electron chi connectivity index (χ2n) is 7.38. The number of aryl methyl sites for hydroxylation is 3. The molecule has 1 atom stereocenters. The molecule has 4 aromatic rings. The van der Waals surface area contributed by atoms with E-state index in [0.717, 1.165) is 16.0 Å². The van der Waals surface area contributed by atoms with Gasteiger partial charge in [0.05, 0.1) is 17.8 Å². The summed E-state index contributed by atoms with van der Waals surface area (Å²) in [7, 11) is 0. The largest absolute Gasteiger partial charge is 0.292 e. The van der Waals surface area contributed by atoms with E-state index in [1.807, 2.05) is 31.2 Å². The number of fused-ring (bicyclic) bond motifs is 1. The number of Topliss-reactive ketones (excluding diaryl/α,β-unsaturated/α-hetero) is 1. The highest BCUT2D eigenvalue weighted by atomic mass is 32.1. The second kappa shape index (κ2) is 7.41. The van der Waals surface area contributed by atoms with Crippen molar-refractivity contribution in [3.63, 3.8) is 0 Å². The minimum absolute atomic E-state index is 0.103. The summed E-state index contributed by atoms with van der Waals surface area (Å²) in [5, 5.41) is 0.589. The van der Waals surface area contributed by atoms with Crippen molar-refractivity contribution in [3.05, 3.63) is 86.8 Å². The van der Waals surface area contributed by atoms with Crippen molar-refractivity contribution in [2.45, 2.75) is 33.7 Å². The Bertz CT molecular complexity index is 1290. The van der Waals surface area contributed by atoms with Gasteiger partial charge in [0.15, 0.2) is 5.78 Å². The zero-order valence-electron chi connectivity index (χ0n) is 16.9. The second-order valence-corrected chi connectivity index (χ2v) is 8.58. The van der Waals surface area contributed by atoms with Gasteiger partial charge in [0, 0.05) is 16.0 Å². The first-order chi connectivity index (χ1) is 13.9. The maximum atomic E-state index is 13.4. The lowest BCUT2D eigenvalue weighted by atomic mass is 9.99. The molecule has 0 saturated heterocycles. The van der Waals surface area contributed by atoms with Gasteiger partial charge in [-0.2, -0.15) is 0 Å². The number of nitrogens with zero attached hydrogens (tertiary/aromatic N) is 2. The van der Waals surface area contributed by atoms with Crippen molar-refractivity contribution in [3.8, 4) is 11.1 Å². The molecule has 4 rings (SSSR count). The van der Waals surface area contributed by atoms with Gasteiger partial charge in [-0.3, -0.25) is 14.2 Å². The number of hydrogen-bond acceptors (Lipinski definition) is 4. The lowest BCUT2D eigenvalue weighted by Gasteiger charge is -2.14. The quantitative estimate of drug-likeness (QED) is 0.424. The Labute approximate surface area is 173 Å². The molecule has 1 unspecified atom stereocenters. The van der Waals surface area contributed by atoms with Crippen molar-refractivity contribution in [2.75, 3.05) is 0 Å². The Hall–Kier alpha value is -3.05. The van der Waals surface area contributed by atoms with E-state index < -0.39 is 6.04 Å². The number of hydrogen-bond donors (Lipinski definition) is 0. The number of thiophene rings is 1. The molecule has 0 amide bonds.